The topological polar surface area (TPSA) is 52.0 Å². The molecule has 0 unspecified atom stereocenters. The van der Waals surface area contributed by atoms with Crippen molar-refractivity contribution in [3.05, 3.63) is 35.9 Å². The number of benzene rings is 1. The predicted molar refractivity (Wildman–Crippen MR) is 62.2 cm³/mol. The van der Waals surface area contributed by atoms with E-state index < -0.39 is 0 Å². The molecule has 72 valence electrons. The average Bonchev–Trinajstić information content (AvgIpc) is 2.06. The summed E-state index contributed by atoms with van der Waals surface area (Å²) in [6.45, 7) is 0. The molecule has 0 saturated heterocycles. The van der Waals surface area contributed by atoms with E-state index in [1.165, 1.54) is 0 Å². The minimum atomic E-state index is -0.206. The number of hydrogen-bond donors (Lipinski definition) is 2. The molecule has 4 heteroatoms. The van der Waals surface area contributed by atoms with Crippen molar-refractivity contribution in [2.75, 3.05) is 0 Å². The van der Waals surface area contributed by atoms with E-state index in [0.717, 1.165) is 12.0 Å². The fraction of sp³-hybridized carbons (Fsp3) is 0.222. The molecule has 0 spiro atoms. The minimum Gasteiger partial charge on any atom is -0.392 e. The van der Waals surface area contributed by atoms with E-state index in [4.69, 9.17) is 23.7 Å². The van der Waals surface area contributed by atoms with Crippen molar-refractivity contribution in [3.63, 3.8) is 0 Å². The molecule has 2 nitrogen and oxygen atoms in total. The van der Waals surface area contributed by atoms with Crippen molar-refractivity contribution >= 4 is 29.6 Å². The lowest BCUT2D eigenvalue weighted by Crippen LogP contribution is -2.36. The third kappa shape index (κ3) is 4.22. The molecule has 1 aromatic carbocycles. The van der Waals surface area contributed by atoms with Gasteiger partial charge in [-0.25, -0.2) is 0 Å². The van der Waals surface area contributed by atoms with E-state index in [1.807, 2.05) is 30.3 Å². The lowest BCUT2D eigenvalue weighted by atomic mass is 10.1. The molecule has 0 amide bonds. The van der Waals surface area contributed by atoms with Gasteiger partial charge < -0.3 is 11.5 Å². The van der Waals surface area contributed by atoms with E-state index in [0.29, 0.717) is 4.99 Å². The Kier molecular flexibility index (Phi) is 5.62. The summed E-state index contributed by atoms with van der Waals surface area (Å²) in [5, 5.41) is 0. The number of halogens is 1. The number of hydrogen-bond acceptors (Lipinski definition) is 2. The quantitative estimate of drug-likeness (QED) is 0.749. The largest absolute Gasteiger partial charge is 0.392 e. The van der Waals surface area contributed by atoms with Crippen molar-refractivity contribution in [3.8, 4) is 0 Å². The van der Waals surface area contributed by atoms with E-state index in [-0.39, 0.29) is 18.4 Å². The SMILES string of the molecule is Cl.NC(=S)[C@@H](N)Cc1ccccc1. The maximum Gasteiger partial charge on any atom is 0.0901 e. The molecule has 4 N–H and O–H groups in total. The van der Waals surface area contributed by atoms with Crippen molar-refractivity contribution in [2.45, 2.75) is 12.5 Å². The Labute approximate surface area is 89.7 Å². The maximum atomic E-state index is 5.68. The fourth-order valence-corrected chi connectivity index (χ4v) is 1.05. The van der Waals surface area contributed by atoms with Gasteiger partial charge in [-0.2, -0.15) is 0 Å². The Balaban J connectivity index is 0.00000144. The number of rotatable bonds is 3. The van der Waals surface area contributed by atoms with E-state index >= 15 is 0 Å². The van der Waals surface area contributed by atoms with Crippen LogP contribution in [0.5, 0.6) is 0 Å². The van der Waals surface area contributed by atoms with E-state index in [9.17, 15) is 0 Å². The second-order valence-corrected chi connectivity index (χ2v) is 3.17. The van der Waals surface area contributed by atoms with Crippen LogP contribution in [0.2, 0.25) is 0 Å². The van der Waals surface area contributed by atoms with Crippen LogP contribution in [0.1, 0.15) is 5.56 Å². The van der Waals surface area contributed by atoms with Gasteiger partial charge >= 0.3 is 0 Å². The molecule has 0 aliphatic rings. The summed E-state index contributed by atoms with van der Waals surface area (Å²) < 4.78 is 0. The normalized spacial score (nSPS) is 11.5. The number of thiocarbonyl (C=S) groups is 1. The Morgan fingerprint density at radius 3 is 2.31 bits per heavy atom. The van der Waals surface area contributed by atoms with Gasteiger partial charge in [-0.3, -0.25) is 0 Å². The van der Waals surface area contributed by atoms with Gasteiger partial charge in [0.1, 0.15) is 0 Å². The van der Waals surface area contributed by atoms with Crippen molar-refractivity contribution in [1.29, 1.82) is 0 Å². The van der Waals surface area contributed by atoms with Crippen LogP contribution in [-0.2, 0) is 6.42 Å². The lowest BCUT2D eigenvalue weighted by Gasteiger charge is -2.08. The summed E-state index contributed by atoms with van der Waals surface area (Å²) in [6.07, 6.45) is 0.718. The Morgan fingerprint density at radius 1 is 1.31 bits per heavy atom. The zero-order valence-corrected chi connectivity index (χ0v) is 8.78. The van der Waals surface area contributed by atoms with Gasteiger partial charge in [0, 0.05) is 0 Å². The standard InChI is InChI=1S/C9H12N2S.ClH/c10-8(9(11)12)6-7-4-2-1-3-5-7;/h1-5,8H,6,10H2,(H2,11,12);1H/t8-;/m0./s1. The molecule has 0 aliphatic carbocycles. The molecule has 0 heterocycles. The third-order valence-electron chi connectivity index (χ3n) is 1.66. The molecule has 0 fully saturated rings. The second-order valence-electron chi connectivity index (χ2n) is 2.70. The first-order valence-corrected chi connectivity index (χ1v) is 4.20. The zero-order valence-electron chi connectivity index (χ0n) is 7.14. The van der Waals surface area contributed by atoms with Gasteiger partial charge in [0.05, 0.1) is 11.0 Å². The van der Waals surface area contributed by atoms with E-state index in [2.05, 4.69) is 0 Å². The first kappa shape index (κ1) is 12.4. The van der Waals surface area contributed by atoms with Gasteiger partial charge in [0.2, 0.25) is 0 Å². The van der Waals surface area contributed by atoms with Crippen LogP contribution in [0.4, 0.5) is 0 Å². The first-order chi connectivity index (χ1) is 5.70. The van der Waals surface area contributed by atoms with Crippen LogP contribution >= 0.6 is 24.6 Å². The molecule has 0 aromatic heterocycles. The highest BCUT2D eigenvalue weighted by Gasteiger charge is 2.05. The first-order valence-electron chi connectivity index (χ1n) is 3.79. The summed E-state index contributed by atoms with van der Waals surface area (Å²) in [5.41, 5.74) is 12.2. The predicted octanol–water partition coefficient (Wildman–Crippen LogP) is 1.26. The van der Waals surface area contributed by atoms with Crippen molar-refractivity contribution < 1.29 is 0 Å². The summed E-state index contributed by atoms with van der Waals surface area (Å²) >= 11 is 4.77. The Morgan fingerprint density at radius 2 is 1.85 bits per heavy atom. The van der Waals surface area contributed by atoms with Gasteiger partial charge in [-0.05, 0) is 12.0 Å². The summed E-state index contributed by atoms with van der Waals surface area (Å²) in [5.74, 6) is 0. The Hall–Kier alpha value is -0.640. The summed E-state index contributed by atoms with van der Waals surface area (Å²) in [6, 6.07) is 9.73. The smallest absolute Gasteiger partial charge is 0.0901 e. The monoisotopic (exact) mass is 216 g/mol. The maximum absolute atomic E-state index is 5.68. The number of nitrogens with two attached hydrogens (primary N) is 2. The molecule has 0 saturated carbocycles. The van der Waals surface area contributed by atoms with Crippen LogP contribution in [-0.4, -0.2) is 11.0 Å². The second kappa shape index (κ2) is 5.91. The van der Waals surface area contributed by atoms with Gasteiger partial charge in [-0.1, -0.05) is 42.5 Å². The molecular formula is C9H13ClN2S. The summed E-state index contributed by atoms with van der Waals surface area (Å²) in [4.78, 5) is 0.374. The molecule has 1 aromatic rings. The molecule has 0 bridgehead atoms. The van der Waals surface area contributed by atoms with Gasteiger partial charge in [0.25, 0.3) is 0 Å². The van der Waals surface area contributed by atoms with Gasteiger partial charge in [-0.15, -0.1) is 12.4 Å². The minimum absolute atomic E-state index is 0. The molecule has 0 aliphatic heterocycles. The third-order valence-corrected chi connectivity index (χ3v) is 1.97. The van der Waals surface area contributed by atoms with Crippen molar-refractivity contribution in [1.82, 2.24) is 0 Å². The van der Waals surface area contributed by atoms with Gasteiger partial charge in [0.15, 0.2) is 0 Å². The van der Waals surface area contributed by atoms with Crippen LogP contribution in [0.3, 0.4) is 0 Å². The van der Waals surface area contributed by atoms with Crippen LogP contribution in [0, 0.1) is 0 Å². The summed E-state index contributed by atoms with van der Waals surface area (Å²) in [7, 11) is 0. The Bertz CT molecular complexity index is 264. The zero-order chi connectivity index (χ0) is 8.97. The van der Waals surface area contributed by atoms with E-state index in [1.54, 1.807) is 0 Å². The highest BCUT2D eigenvalue weighted by molar-refractivity contribution is 7.80. The van der Waals surface area contributed by atoms with Crippen LogP contribution in [0.25, 0.3) is 0 Å². The molecule has 1 rings (SSSR count). The molecule has 1 atom stereocenters. The molecular weight excluding hydrogens is 204 g/mol. The molecule has 13 heavy (non-hydrogen) atoms. The molecule has 0 radical (unpaired) electrons. The van der Waals surface area contributed by atoms with Crippen molar-refractivity contribution in [2.24, 2.45) is 11.5 Å². The van der Waals surface area contributed by atoms with Crippen LogP contribution in [0.15, 0.2) is 30.3 Å². The fourth-order valence-electron chi connectivity index (χ4n) is 0.969. The lowest BCUT2D eigenvalue weighted by molar-refractivity contribution is 0.853. The van der Waals surface area contributed by atoms with Crippen LogP contribution < -0.4 is 11.5 Å². The highest BCUT2D eigenvalue weighted by Crippen LogP contribution is 2.01. The highest BCUT2D eigenvalue weighted by atomic mass is 35.5. The average molecular weight is 217 g/mol.